The first-order valence-corrected chi connectivity index (χ1v) is 5.65. The second kappa shape index (κ2) is 4.37. The molecule has 2 aromatic carbocycles. The number of hydrogen-bond donors (Lipinski definition) is 1. The van der Waals surface area contributed by atoms with E-state index in [4.69, 9.17) is 0 Å². The van der Waals surface area contributed by atoms with Crippen molar-refractivity contribution in [1.82, 2.24) is 0 Å². The van der Waals surface area contributed by atoms with Gasteiger partial charge in [-0.05, 0) is 41.5 Å². The van der Waals surface area contributed by atoms with Gasteiger partial charge >= 0.3 is 0 Å². The Morgan fingerprint density at radius 2 is 1.87 bits per heavy atom. The Hall–Kier alpha value is -0.800. The van der Waals surface area contributed by atoms with Crippen molar-refractivity contribution in [1.29, 1.82) is 0 Å². The second-order valence-corrected chi connectivity index (χ2v) is 4.57. The molecule has 3 heteroatoms. The Bertz CT molecular complexity index is 497. The predicted molar refractivity (Wildman–Crippen MR) is 66.8 cm³/mol. The van der Waals surface area contributed by atoms with Gasteiger partial charge in [-0.25, -0.2) is 4.39 Å². The van der Waals surface area contributed by atoms with Gasteiger partial charge in [-0.1, -0.05) is 28.1 Å². The molecular weight excluding hydrogens is 275 g/mol. The summed E-state index contributed by atoms with van der Waals surface area (Å²) in [6, 6.07) is 12.3. The Labute approximate surface area is 102 Å². The van der Waals surface area contributed by atoms with Crippen molar-refractivity contribution in [3.05, 3.63) is 52.8 Å². The molecule has 0 N–H and O–H groups in total. The van der Waals surface area contributed by atoms with Crippen LogP contribution >= 0.6 is 28.6 Å². The number of benzene rings is 2. The van der Waals surface area contributed by atoms with Crippen LogP contribution in [0.15, 0.2) is 51.8 Å². The molecule has 0 aromatic heterocycles. The fourth-order valence-corrected chi connectivity index (χ4v) is 2.06. The van der Waals surface area contributed by atoms with Crippen LogP contribution in [0.4, 0.5) is 4.39 Å². The highest BCUT2D eigenvalue weighted by Crippen LogP contribution is 2.28. The number of halogens is 2. The van der Waals surface area contributed by atoms with E-state index in [1.54, 1.807) is 6.07 Å². The molecule has 0 bridgehead atoms. The lowest BCUT2D eigenvalue weighted by atomic mass is 10.1. The van der Waals surface area contributed by atoms with Gasteiger partial charge in [-0.2, -0.15) is 0 Å². The third kappa shape index (κ3) is 2.41. The summed E-state index contributed by atoms with van der Waals surface area (Å²) in [5.74, 6) is -0.247. The molecule has 0 aliphatic heterocycles. The van der Waals surface area contributed by atoms with Gasteiger partial charge in [0.1, 0.15) is 5.82 Å². The summed E-state index contributed by atoms with van der Waals surface area (Å²) < 4.78 is 14.1. The molecule has 2 rings (SSSR count). The maximum Gasteiger partial charge on any atom is 0.123 e. The first-order valence-electron chi connectivity index (χ1n) is 4.41. The zero-order chi connectivity index (χ0) is 10.8. The summed E-state index contributed by atoms with van der Waals surface area (Å²) >= 11 is 7.69. The summed E-state index contributed by atoms with van der Waals surface area (Å²) in [7, 11) is 0. The molecule has 15 heavy (non-hydrogen) atoms. The predicted octanol–water partition coefficient (Wildman–Crippen LogP) is 4.54. The van der Waals surface area contributed by atoms with E-state index in [1.807, 2.05) is 24.3 Å². The Balaban J connectivity index is 2.58. The van der Waals surface area contributed by atoms with Crippen molar-refractivity contribution in [3.8, 4) is 11.1 Å². The maximum absolute atomic E-state index is 13.1. The third-order valence-corrected chi connectivity index (χ3v) is 2.98. The highest BCUT2D eigenvalue weighted by atomic mass is 79.9. The van der Waals surface area contributed by atoms with Gasteiger partial charge in [0, 0.05) is 9.37 Å². The van der Waals surface area contributed by atoms with E-state index in [-0.39, 0.29) is 5.82 Å². The van der Waals surface area contributed by atoms with Gasteiger partial charge in [0.25, 0.3) is 0 Å². The fourth-order valence-electron chi connectivity index (χ4n) is 1.40. The van der Waals surface area contributed by atoms with Crippen molar-refractivity contribution in [2.75, 3.05) is 0 Å². The highest BCUT2D eigenvalue weighted by molar-refractivity contribution is 9.10. The highest BCUT2D eigenvalue weighted by Gasteiger charge is 2.04. The Morgan fingerprint density at radius 3 is 2.60 bits per heavy atom. The number of hydrogen-bond acceptors (Lipinski definition) is 1. The average Bonchev–Trinajstić information content (AvgIpc) is 2.22. The summed E-state index contributed by atoms with van der Waals surface area (Å²) in [6.45, 7) is 0. The van der Waals surface area contributed by atoms with Crippen molar-refractivity contribution in [3.63, 3.8) is 0 Å². The van der Waals surface area contributed by atoms with Crippen LogP contribution < -0.4 is 0 Å². The van der Waals surface area contributed by atoms with Crippen molar-refractivity contribution in [2.24, 2.45) is 0 Å². The van der Waals surface area contributed by atoms with Crippen molar-refractivity contribution >= 4 is 28.6 Å². The Kier molecular flexibility index (Phi) is 3.12. The molecule has 0 spiro atoms. The van der Waals surface area contributed by atoms with Crippen LogP contribution in [0.2, 0.25) is 0 Å². The molecule has 0 nitrogen and oxygen atoms in total. The zero-order valence-corrected chi connectivity index (χ0v) is 10.2. The fraction of sp³-hybridized carbons (Fsp3) is 0. The van der Waals surface area contributed by atoms with E-state index in [0.717, 1.165) is 20.5 Å². The van der Waals surface area contributed by atoms with Crippen LogP contribution in [0.3, 0.4) is 0 Å². The second-order valence-electron chi connectivity index (χ2n) is 3.17. The minimum atomic E-state index is -0.247. The first kappa shape index (κ1) is 10.7. The molecule has 76 valence electrons. The maximum atomic E-state index is 13.1. The number of rotatable bonds is 1. The monoisotopic (exact) mass is 282 g/mol. The van der Waals surface area contributed by atoms with Gasteiger partial charge in [-0.3, -0.25) is 0 Å². The van der Waals surface area contributed by atoms with Crippen LogP contribution in [0.25, 0.3) is 11.1 Å². The molecule has 0 fully saturated rings. The van der Waals surface area contributed by atoms with Crippen LogP contribution in [0, 0.1) is 5.82 Å². The van der Waals surface area contributed by atoms with Gasteiger partial charge in [0.15, 0.2) is 0 Å². The lowest BCUT2D eigenvalue weighted by Gasteiger charge is -2.05. The number of thiol groups is 1. The standard InChI is InChI=1S/C12H8BrFS/c13-9-3-1-2-8(6-9)11-7-10(14)4-5-12(11)15/h1-7,15H. The van der Waals surface area contributed by atoms with Gasteiger partial charge in [0.2, 0.25) is 0 Å². The van der Waals surface area contributed by atoms with Crippen molar-refractivity contribution in [2.45, 2.75) is 4.90 Å². The van der Waals surface area contributed by atoms with Crippen LogP contribution in [-0.2, 0) is 0 Å². The largest absolute Gasteiger partial charge is 0.207 e. The SMILES string of the molecule is Fc1ccc(S)c(-c2cccc(Br)c2)c1. The molecule has 0 amide bonds. The molecule has 0 heterocycles. The van der Waals surface area contributed by atoms with Crippen molar-refractivity contribution < 1.29 is 4.39 Å². The minimum absolute atomic E-state index is 0.247. The minimum Gasteiger partial charge on any atom is -0.207 e. The van der Waals surface area contributed by atoms with Gasteiger partial charge < -0.3 is 0 Å². The molecule has 0 aliphatic carbocycles. The van der Waals surface area contributed by atoms with E-state index in [1.165, 1.54) is 12.1 Å². The van der Waals surface area contributed by atoms with E-state index in [0.29, 0.717) is 0 Å². The molecule has 0 atom stereocenters. The lowest BCUT2D eigenvalue weighted by molar-refractivity contribution is 0.627. The van der Waals surface area contributed by atoms with E-state index < -0.39 is 0 Å². The quantitative estimate of drug-likeness (QED) is 0.730. The van der Waals surface area contributed by atoms with E-state index in [9.17, 15) is 4.39 Å². The third-order valence-electron chi connectivity index (χ3n) is 2.09. The average molecular weight is 283 g/mol. The van der Waals surface area contributed by atoms with Crippen LogP contribution in [-0.4, -0.2) is 0 Å². The van der Waals surface area contributed by atoms with Gasteiger partial charge in [0.05, 0.1) is 0 Å². The molecular formula is C12H8BrFS. The topological polar surface area (TPSA) is 0 Å². The van der Waals surface area contributed by atoms with Crippen LogP contribution in [0.5, 0.6) is 0 Å². The smallest absolute Gasteiger partial charge is 0.123 e. The van der Waals surface area contributed by atoms with E-state index in [2.05, 4.69) is 28.6 Å². The summed E-state index contributed by atoms with van der Waals surface area (Å²) in [4.78, 5) is 0.773. The summed E-state index contributed by atoms with van der Waals surface area (Å²) in [5.41, 5.74) is 1.76. The molecule has 2 aromatic rings. The molecule has 0 unspecified atom stereocenters. The van der Waals surface area contributed by atoms with E-state index >= 15 is 0 Å². The zero-order valence-electron chi connectivity index (χ0n) is 7.74. The van der Waals surface area contributed by atoms with Gasteiger partial charge in [-0.15, -0.1) is 12.6 Å². The van der Waals surface area contributed by atoms with Crippen LogP contribution in [0.1, 0.15) is 0 Å². The summed E-state index contributed by atoms with van der Waals surface area (Å²) in [6.07, 6.45) is 0. The molecule has 0 radical (unpaired) electrons. The Morgan fingerprint density at radius 1 is 1.07 bits per heavy atom. The first-order chi connectivity index (χ1) is 7.16. The normalized spacial score (nSPS) is 10.3. The molecule has 0 saturated carbocycles. The summed E-state index contributed by atoms with van der Waals surface area (Å²) in [5, 5.41) is 0. The molecule has 0 saturated heterocycles. The lowest BCUT2D eigenvalue weighted by Crippen LogP contribution is -1.82. The molecule has 0 aliphatic rings.